The van der Waals surface area contributed by atoms with Gasteiger partial charge in [-0.25, -0.2) is 4.98 Å². The molecule has 0 fully saturated rings. The van der Waals surface area contributed by atoms with Crippen LogP contribution in [0.5, 0.6) is 0 Å². The van der Waals surface area contributed by atoms with Crippen molar-refractivity contribution in [3.05, 3.63) is 67.7 Å². The van der Waals surface area contributed by atoms with Crippen LogP contribution in [0.25, 0.3) is 5.95 Å². The van der Waals surface area contributed by atoms with Gasteiger partial charge in [-0.2, -0.15) is 9.78 Å². The fourth-order valence-corrected chi connectivity index (χ4v) is 2.77. The van der Waals surface area contributed by atoms with Crippen LogP contribution >= 0.6 is 15.9 Å². The summed E-state index contributed by atoms with van der Waals surface area (Å²) in [7, 11) is 0. The van der Waals surface area contributed by atoms with E-state index in [1.54, 1.807) is 45.0 Å². The van der Waals surface area contributed by atoms with Gasteiger partial charge in [0.2, 0.25) is 5.95 Å². The Balaban J connectivity index is 2.01. The summed E-state index contributed by atoms with van der Waals surface area (Å²) in [5, 5.41) is 7.13. The molecule has 25 heavy (non-hydrogen) atoms. The summed E-state index contributed by atoms with van der Waals surface area (Å²) >= 11 is 3.36. The van der Waals surface area contributed by atoms with Crippen LogP contribution in [-0.2, 0) is 0 Å². The minimum Gasteiger partial charge on any atom is -0.306 e. The number of hydrogen-bond acceptors (Lipinski definition) is 4. The standard InChI is InChI=1S/C17H16BrN5O2/c1-9-8-14(20-16(25)12-6-4-5-7-13(12)18)23(22-9)17-19-11(3)10(2)15(24)21-17/h4-8H,1-3H3,(H,20,25)(H,19,21,24). The zero-order valence-electron chi connectivity index (χ0n) is 13.9. The number of aryl methyl sites for hydroxylation is 2. The molecule has 3 rings (SSSR count). The zero-order valence-corrected chi connectivity index (χ0v) is 15.5. The lowest BCUT2D eigenvalue weighted by atomic mass is 10.2. The third kappa shape index (κ3) is 3.39. The van der Waals surface area contributed by atoms with E-state index in [0.717, 1.165) is 0 Å². The van der Waals surface area contributed by atoms with Crippen LogP contribution in [0.4, 0.5) is 5.82 Å². The zero-order chi connectivity index (χ0) is 18.1. The molecule has 2 aromatic heterocycles. The largest absolute Gasteiger partial charge is 0.306 e. The van der Waals surface area contributed by atoms with Gasteiger partial charge in [0, 0.05) is 21.8 Å². The third-order valence-electron chi connectivity index (χ3n) is 3.77. The minimum atomic E-state index is -0.292. The predicted molar refractivity (Wildman–Crippen MR) is 98.3 cm³/mol. The van der Waals surface area contributed by atoms with E-state index >= 15 is 0 Å². The number of hydrogen-bond donors (Lipinski definition) is 2. The topological polar surface area (TPSA) is 92.7 Å². The first-order valence-corrected chi connectivity index (χ1v) is 8.36. The van der Waals surface area contributed by atoms with Crippen molar-refractivity contribution in [2.24, 2.45) is 0 Å². The molecule has 0 radical (unpaired) electrons. The van der Waals surface area contributed by atoms with Crippen molar-refractivity contribution in [3.63, 3.8) is 0 Å². The van der Waals surface area contributed by atoms with Gasteiger partial charge in [0.15, 0.2) is 0 Å². The van der Waals surface area contributed by atoms with Crippen LogP contribution in [0.3, 0.4) is 0 Å². The maximum Gasteiger partial charge on any atom is 0.257 e. The summed E-state index contributed by atoms with van der Waals surface area (Å²) in [6.45, 7) is 5.25. The highest BCUT2D eigenvalue weighted by atomic mass is 79.9. The summed E-state index contributed by atoms with van der Waals surface area (Å²) in [4.78, 5) is 31.6. The third-order valence-corrected chi connectivity index (χ3v) is 4.47. The molecule has 0 aliphatic carbocycles. The molecule has 0 saturated carbocycles. The second-order valence-electron chi connectivity index (χ2n) is 5.62. The molecule has 0 atom stereocenters. The number of H-pyrrole nitrogens is 1. The molecule has 3 aromatic rings. The number of anilines is 1. The molecular formula is C17H16BrN5O2. The van der Waals surface area contributed by atoms with E-state index < -0.39 is 0 Å². The van der Waals surface area contributed by atoms with Crippen LogP contribution in [0.15, 0.2) is 39.6 Å². The van der Waals surface area contributed by atoms with Gasteiger partial charge in [0.05, 0.1) is 11.3 Å². The van der Waals surface area contributed by atoms with Crippen molar-refractivity contribution >= 4 is 27.7 Å². The molecule has 8 heteroatoms. The van der Waals surface area contributed by atoms with E-state index in [0.29, 0.717) is 32.8 Å². The first kappa shape index (κ1) is 17.1. The van der Waals surface area contributed by atoms with Gasteiger partial charge in [-0.1, -0.05) is 12.1 Å². The molecule has 128 valence electrons. The van der Waals surface area contributed by atoms with Crippen molar-refractivity contribution in [3.8, 4) is 5.95 Å². The summed E-state index contributed by atoms with van der Waals surface area (Å²) in [6, 6.07) is 8.83. The van der Waals surface area contributed by atoms with Gasteiger partial charge in [0.25, 0.3) is 11.5 Å². The lowest BCUT2D eigenvalue weighted by Crippen LogP contribution is -2.21. The normalized spacial score (nSPS) is 10.7. The van der Waals surface area contributed by atoms with Crippen molar-refractivity contribution in [1.82, 2.24) is 19.7 Å². The Labute approximate surface area is 152 Å². The van der Waals surface area contributed by atoms with Crippen molar-refractivity contribution in [1.29, 1.82) is 0 Å². The second kappa shape index (κ2) is 6.64. The quantitative estimate of drug-likeness (QED) is 0.705. The number of benzene rings is 1. The number of carbonyl (C=O) groups is 1. The lowest BCUT2D eigenvalue weighted by Gasteiger charge is -2.10. The van der Waals surface area contributed by atoms with E-state index in [2.05, 4.69) is 36.3 Å². The van der Waals surface area contributed by atoms with E-state index in [1.807, 2.05) is 6.07 Å². The first-order chi connectivity index (χ1) is 11.9. The summed E-state index contributed by atoms with van der Waals surface area (Å²) < 4.78 is 2.10. The number of rotatable bonds is 3. The molecule has 2 heterocycles. The highest BCUT2D eigenvalue weighted by Crippen LogP contribution is 2.19. The molecule has 0 spiro atoms. The van der Waals surface area contributed by atoms with E-state index in [4.69, 9.17) is 0 Å². The molecule has 1 aromatic carbocycles. The highest BCUT2D eigenvalue weighted by Gasteiger charge is 2.16. The van der Waals surface area contributed by atoms with E-state index in [1.165, 1.54) is 4.68 Å². The van der Waals surface area contributed by atoms with Crippen LogP contribution in [0.2, 0.25) is 0 Å². The van der Waals surface area contributed by atoms with Gasteiger partial charge in [-0.15, -0.1) is 0 Å². The summed E-state index contributed by atoms with van der Waals surface area (Å²) in [5.41, 5.74) is 2.10. The van der Waals surface area contributed by atoms with Crippen molar-refractivity contribution < 1.29 is 4.79 Å². The number of nitrogens with one attached hydrogen (secondary N) is 2. The maximum absolute atomic E-state index is 12.5. The van der Waals surface area contributed by atoms with Crippen LogP contribution in [-0.4, -0.2) is 25.7 Å². The monoisotopic (exact) mass is 401 g/mol. The molecule has 0 saturated heterocycles. The molecule has 0 unspecified atom stereocenters. The van der Waals surface area contributed by atoms with Gasteiger partial charge in [-0.3, -0.25) is 14.6 Å². The molecule has 7 nitrogen and oxygen atoms in total. The predicted octanol–water partition coefficient (Wildman–Crippen LogP) is 2.90. The summed E-state index contributed by atoms with van der Waals surface area (Å²) in [5.74, 6) is 0.382. The number of amides is 1. The number of aromatic nitrogens is 4. The Morgan fingerprint density at radius 3 is 2.64 bits per heavy atom. The van der Waals surface area contributed by atoms with Crippen molar-refractivity contribution in [2.45, 2.75) is 20.8 Å². The van der Waals surface area contributed by atoms with Gasteiger partial charge in [0.1, 0.15) is 5.82 Å². The van der Waals surface area contributed by atoms with Gasteiger partial charge in [-0.05, 0) is 48.8 Å². The molecule has 0 aliphatic heterocycles. The Morgan fingerprint density at radius 1 is 1.24 bits per heavy atom. The van der Waals surface area contributed by atoms with E-state index in [-0.39, 0.29) is 17.4 Å². The molecule has 0 bridgehead atoms. The molecular weight excluding hydrogens is 386 g/mol. The van der Waals surface area contributed by atoms with Gasteiger partial charge < -0.3 is 5.32 Å². The Kier molecular flexibility index (Phi) is 4.54. The average molecular weight is 402 g/mol. The average Bonchev–Trinajstić information content (AvgIpc) is 2.93. The fraction of sp³-hybridized carbons (Fsp3) is 0.176. The Morgan fingerprint density at radius 2 is 1.96 bits per heavy atom. The van der Waals surface area contributed by atoms with Crippen molar-refractivity contribution in [2.75, 3.05) is 5.32 Å². The number of aromatic amines is 1. The van der Waals surface area contributed by atoms with Crippen LogP contribution < -0.4 is 10.9 Å². The SMILES string of the molecule is Cc1cc(NC(=O)c2ccccc2Br)n(-c2nc(C)c(C)c(=O)[nH]2)n1. The number of carbonyl (C=O) groups excluding carboxylic acids is 1. The van der Waals surface area contributed by atoms with Gasteiger partial charge >= 0.3 is 0 Å². The molecule has 1 amide bonds. The van der Waals surface area contributed by atoms with E-state index in [9.17, 15) is 9.59 Å². The first-order valence-electron chi connectivity index (χ1n) is 7.57. The molecule has 0 aliphatic rings. The number of halogens is 1. The lowest BCUT2D eigenvalue weighted by molar-refractivity contribution is 0.102. The van der Waals surface area contributed by atoms with Crippen LogP contribution in [0.1, 0.15) is 27.3 Å². The number of nitrogens with zero attached hydrogens (tertiary/aromatic N) is 3. The minimum absolute atomic E-state index is 0.237. The molecule has 2 N–H and O–H groups in total. The second-order valence-corrected chi connectivity index (χ2v) is 6.47. The Bertz CT molecular complexity index is 1020. The van der Waals surface area contributed by atoms with Crippen LogP contribution in [0, 0.1) is 20.8 Å². The highest BCUT2D eigenvalue weighted by molar-refractivity contribution is 9.10. The summed E-state index contributed by atoms with van der Waals surface area (Å²) in [6.07, 6.45) is 0. The Hall–Kier alpha value is -2.74. The maximum atomic E-state index is 12.5. The fourth-order valence-electron chi connectivity index (χ4n) is 2.31. The smallest absolute Gasteiger partial charge is 0.257 e.